The molecule has 0 saturated carbocycles. The molecule has 2 aromatic rings. The summed E-state index contributed by atoms with van der Waals surface area (Å²) < 4.78 is 11.9. The van der Waals surface area contributed by atoms with Crippen molar-refractivity contribution in [2.45, 2.75) is 53.1 Å². The summed E-state index contributed by atoms with van der Waals surface area (Å²) in [5, 5.41) is 13.2. The second kappa shape index (κ2) is 8.25. The Morgan fingerprint density at radius 1 is 1.20 bits per heavy atom. The van der Waals surface area contributed by atoms with Crippen molar-refractivity contribution in [3.8, 4) is 17.2 Å². The van der Waals surface area contributed by atoms with Crippen LogP contribution in [0.5, 0.6) is 17.2 Å². The number of hydrogen-bond donors (Lipinski definition) is 2. The maximum absolute atomic E-state index is 11.5. The van der Waals surface area contributed by atoms with Crippen LogP contribution in [-0.2, 0) is 11.2 Å². The zero-order valence-corrected chi connectivity index (χ0v) is 19.7. The van der Waals surface area contributed by atoms with Crippen molar-refractivity contribution >= 4 is 52.1 Å². The van der Waals surface area contributed by atoms with Crippen LogP contribution >= 0.6 is 35.4 Å². The van der Waals surface area contributed by atoms with Crippen molar-refractivity contribution in [3.63, 3.8) is 0 Å². The number of ether oxygens (including phenoxy) is 2. The first kappa shape index (κ1) is 22.7. The molecule has 1 atom stereocenters. The number of benzene rings is 2. The highest BCUT2D eigenvalue weighted by Crippen LogP contribution is 2.44. The van der Waals surface area contributed by atoms with Crippen LogP contribution in [0.15, 0.2) is 12.1 Å². The Bertz CT molecular complexity index is 1050. The molecule has 2 N–H and O–H groups in total. The van der Waals surface area contributed by atoms with E-state index < -0.39 is 5.60 Å². The molecule has 0 bridgehead atoms. The molecular formula is C22H23Cl2NO4S. The van der Waals surface area contributed by atoms with E-state index in [0.717, 1.165) is 28.0 Å². The van der Waals surface area contributed by atoms with Crippen LogP contribution in [0, 0.1) is 20.8 Å². The van der Waals surface area contributed by atoms with E-state index in [1.807, 2.05) is 27.7 Å². The van der Waals surface area contributed by atoms with Crippen LogP contribution in [0.1, 0.15) is 42.5 Å². The summed E-state index contributed by atoms with van der Waals surface area (Å²) in [6.45, 7) is 9.12. The van der Waals surface area contributed by atoms with E-state index in [2.05, 4.69) is 5.32 Å². The maximum atomic E-state index is 11.5. The lowest BCUT2D eigenvalue weighted by Gasteiger charge is -2.38. The molecule has 0 aliphatic carbocycles. The van der Waals surface area contributed by atoms with Gasteiger partial charge in [-0.3, -0.25) is 4.79 Å². The van der Waals surface area contributed by atoms with Gasteiger partial charge in [0.1, 0.15) is 16.5 Å². The van der Waals surface area contributed by atoms with Crippen molar-refractivity contribution in [1.82, 2.24) is 0 Å². The Labute approximate surface area is 191 Å². The predicted molar refractivity (Wildman–Crippen MR) is 124 cm³/mol. The van der Waals surface area contributed by atoms with Gasteiger partial charge in [0.05, 0.1) is 10.0 Å². The molecule has 5 nitrogen and oxygen atoms in total. The molecule has 3 rings (SSSR count). The average molecular weight is 468 g/mol. The number of aromatic hydroxyl groups is 1. The minimum atomic E-state index is -0.758. The lowest BCUT2D eigenvalue weighted by molar-refractivity contribution is -0.132. The first-order valence-corrected chi connectivity index (χ1v) is 10.6. The first-order chi connectivity index (χ1) is 13.9. The number of nitrogens with one attached hydrogen (secondary N) is 1. The summed E-state index contributed by atoms with van der Waals surface area (Å²) in [7, 11) is 0. The number of carbonyl (C=O) groups excluding carboxylic acids is 1. The van der Waals surface area contributed by atoms with E-state index >= 15 is 0 Å². The molecule has 1 aliphatic heterocycles. The number of phenols is 1. The van der Waals surface area contributed by atoms with Crippen LogP contribution < -0.4 is 14.8 Å². The Hall–Kier alpha value is -2.02. The maximum Gasteiger partial charge on any atom is 0.308 e. The highest BCUT2D eigenvalue weighted by atomic mass is 35.5. The molecule has 1 unspecified atom stereocenters. The highest BCUT2D eigenvalue weighted by molar-refractivity contribution is 7.80. The summed E-state index contributed by atoms with van der Waals surface area (Å²) in [5.41, 5.74) is 3.51. The molecule has 0 spiro atoms. The number of esters is 1. The van der Waals surface area contributed by atoms with Crippen molar-refractivity contribution in [3.05, 3.63) is 44.4 Å². The lowest BCUT2D eigenvalue weighted by Crippen LogP contribution is -2.47. The standard InChI is InChI=1S/C22H23Cl2NO4S/c1-10-11(2)20-15(12(3)19(10)28-13(4)26)6-7-22(5,29-20)21(30)25-14-8-16(23)18(27)17(24)9-14/h8-9,27H,6-7H2,1-5H3,(H,25,30). The third-order valence-electron chi connectivity index (χ3n) is 5.49. The zero-order valence-electron chi connectivity index (χ0n) is 17.4. The number of hydrogen-bond acceptors (Lipinski definition) is 5. The number of carbonyl (C=O) groups is 1. The Balaban J connectivity index is 1.93. The number of phenolic OH excluding ortho intramolecular Hbond substituents is 1. The van der Waals surface area contributed by atoms with E-state index in [9.17, 15) is 9.90 Å². The second-order valence-electron chi connectivity index (χ2n) is 7.68. The molecule has 8 heteroatoms. The Morgan fingerprint density at radius 2 is 1.80 bits per heavy atom. The van der Waals surface area contributed by atoms with Gasteiger partial charge in [-0.1, -0.05) is 35.4 Å². The number of fused-ring (bicyclic) bond motifs is 1. The normalized spacial score (nSPS) is 17.7. The minimum absolute atomic E-state index is 0.132. The van der Waals surface area contributed by atoms with Crippen molar-refractivity contribution < 1.29 is 19.4 Å². The first-order valence-electron chi connectivity index (χ1n) is 9.44. The molecule has 0 saturated heterocycles. The van der Waals surface area contributed by atoms with Gasteiger partial charge in [-0.25, -0.2) is 0 Å². The quantitative estimate of drug-likeness (QED) is 0.247. The largest absolute Gasteiger partial charge is 0.505 e. The van der Waals surface area contributed by atoms with Crippen LogP contribution in [0.4, 0.5) is 5.69 Å². The van der Waals surface area contributed by atoms with Gasteiger partial charge in [0.25, 0.3) is 0 Å². The summed E-state index contributed by atoms with van der Waals surface area (Å²) >= 11 is 17.7. The molecule has 30 heavy (non-hydrogen) atoms. The molecule has 2 aromatic carbocycles. The average Bonchev–Trinajstić information content (AvgIpc) is 2.67. The van der Waals surface area contributed by atoms with Gasteiger partial charge in [-0.2, -0.15) is 0 Å². The van der Waals surface area contributed by atoms with Crippen LogP contribution in [0.2, 0.25) is 10.0 Å². The van der Waals surface area contributed by atoms with Gasteiger partial charge in [0, 0.05) is 18.2 Å². The zero-order chi connectivity index (χ0) is 22.4. The highest BCUT2D eigenvalue weighted by Gasteiger charge is 2.38. The van der Waals surface area contributed by atoms with E-state index in [0.29, 0.717) is 29.3 Å². The van der Waals surface area contributed by atoms with Crippen LogP contribution in [0.25, 0.3) is 0 Å². The summed E-state index contributed by atoms with van der Waals surface area (Å²) in [4.78, 5) is 12.0. The molecule has 160 valence electrons. The number of rotatable bonds is 3. The smallest absolute Gasteiger partial charge is 0.308 e. The van der Waals surface area contributed by atoms with Gasteiger partial charge in [-0.05, 0) is 69.4 Å². The van der Waals surface area contributed by atoms with Crippen molar-refractivity contribution in [1.29, 1.82) is 0 Å². The molecule has 0 amide bonds. The molecule has 1 aliphatic rings. The molecule has 0 fully saturated rings. The second-order valence-corrected chi connectivity index (χ2v) is 8.90. The third-order valence-corrected chi connectivity index (χ3v) is 6.60. The van der Waals surface area contributed by atoms with Gasteiger partial charge < -0.3 is 19.9 Å². The van der Waals surface area contributed by atoms with Gasteiger partial charge in [0.15, 0.2) is 11.4 Å². The van der Waals surface area contributed by atoms with Crippen LogP contribution in [0.3, 0.4) is 0 Å². The molecule has 0 radical (unpaired) electrons. The van der Waals surface area contributed by atoms with Crippen molar-refractivity contribution in [2.75, 3.05) is 5.32 Å². The molecular weight excluding hydrogens is 445 g/mol. The number of halogens is 2. The van der Waals surface area contributed by atoms with E-state index in [1.54, 1.807) is 12.1 Å². The SMILES string of the molecule is CC(=O)Oc1c(C)c(C)c2c(c1C)CCC(C)(C(=S)Nc1cc(Cl)c(O)c(Cl)c1)O2. The summed E-state index contributed by atoms with van der Waals surface area (Å²) in [6, 6.07) is 3.11. The lowest BCUT2D eigenvalue weighted by atomic mass is 9.87. The van der Waals surface area contributed by atoms with Crippen LogP contribution in [-0.4, -0.2) is 21.7 Å². The van der Waals surface area contributed by atoms with E-state index in [-0.39, 0.29) is 21.8 Å². The third kappa shape index (κ3) is 4.09. The Morgan fingerprint density at radius 3 is 2.37 bits per heavy atom. The van der Waals surface area contributed by atoms with Gasteiger partial charge >= 0.3 is 5.97 Å². The van der Waals surface area contributed by atoms with Gasteiger partial charge in [0.2, 0.25) is 0 Å². The number of anilines is 1. The van der Waals surface area contributed by atoms with E-state index in [1.165, 1.54) is 6.92 Å². The summed E-state index contributed by atoms with van der Waals surface area (Å²) in [5.74, 6) is 0.841. The van der Waals surface area contributed by atoms with Crippen molar-refractivity contribution in [2.24, 2.45) is 0 Å². The Kier molecular flexibility index (Phi) is 6.23. The topological polar surface area (TPSA) is 67.8 Å². The van der Waals surface area contributed by atoms with E-state index in [4.69, 9.17) is 44.9 Å². The monoisotopic (exact) mass is 467 g/mol. The fraction of sp³-hybridized carbons (Fsp3) is 0.364. The van der Waals surface area contributed by atoms with Gasteiger partial charge in [-0.15, -0.1) is 0 Å². The molecule has 0 aromatic heterocycles. The summed E-state index contributed by atoms with van der Waals surface area (Å²) in [6.07, 6.45) is 1.35. The fourth-order valence-corrected chi connectivity index (χ4v) is 4.34. The number of thiocarbonyl (C=S) groups is 1. The fourth-order valence-electron chi connectivity index (χ4n) is 3.59. The molecule has 1 heterocycles. The predicted octanol–water partition coefficient (Wildman–Crippen LogP) is 6.07. The minimum Gasteiger partial charge on any atom is -0.505 e.